The Labute approximate surface area is 117 Å². The zero-order valence-electron chi connectivity index (χ0n) is 11.4. The van der Waals surface area contributed by atoms with E-state index in [1.165, 1.54) is 33.6 Å². The van der Waals surface area contributed by atoms with E-state index in [0.29, 0.717) is 0 Å². The first kappa shape index (κ1) is 12.4. The minimum absolute atomic E-state index is 0.868. The Bertz CT molecular complexity index is 694. The van der Waals surface area contributed by atoms with E-state index in [4.69, 9.17) is 4.98 Å². The van der Waals surface area contributed by atoms with Crippen LogP contribution in [0.5, 0.6) is 0 Å². The Kier molecular flexibility index (Phi) is 3.38. The maximum atomic E-state index is 4.70. The fourth-order valence-electron chi connectivity index (χ4n) is 2.38. The molecule has 0 unspecified atom stereocenters. The molecule has 0 saturated carbocycles. The largest absolute Gasteiger partial charge is 0.341 e. The highest BCUT2D eigenvalue weighted by Crippen LogP contribution is 2.19. The summed E-state index contributed by atoms with van der Waals surface area (Å²) in [5.74, 6) is 0. The molecule has 0 aliphatic heterocycles. The van der Waals surface area contributed by atoms with E-state index in [9.17, 15) is 0 Å². The van der Waals surface area contributed by atoms with Gasteiger partial charge in [-0.15, -0.1) is 11.3 Å². The van der Waals surface area contributed by atoms with E-state index in [1.54, 1.807) is 11.3 Å². The molecule has 0 aliphatic rings. The quantitative estimate of drug-likeness (QED) is 0.686. The van der Waals surface area contributed by atoms with Crippen molar-refractivity contribution in [3.8, 4) is 0 Å². The van der Waals surface area contributed by atoms with Gasteiger partial charge in [-0.2, -0.15) is 0 Å². The molecule has 2 aromatic heterocycles. The van der Waals surface area contributed by atoms with Crippen LogP contribution in [-0.4, -0.2) is 9.55 Å². The molecule has 0 amide bonds. The first-order valence-corrected chi connectivity index (χ1v) is 7.63. The highest BCUT2D eigenvalue weighted by Gasteiger charge is 2.05. The highest BCUT2D eigenvalue weighted by molar-refractivity contribution is 7.09. The summed E-state index contributed by atoms with van der Waals surface area (Å²) in [7, 11) is 0. The molecule has 98 valence electrons. The fraction of sp³-hybridized carbons (Fsp3) is 0.312. The molecule has 2 heterocycles. The van der Waals surface area contributed by atoms with Gasteiger partial charge in [0.25, 0.3) is 0 Å². The number of rotatable bonds is 4. The second kappa shape index (κ2) is 5.17. The zero-order chi connectivity index (χ0) is 13.2. The number of thiazole rings is 1. The fourth-order valence-corrected chi connectivity index (χ4v) is 3.27. The summed E-state index contributed by atoms with van der Waals surface area (Å²) in [5.41, 5.74) is 3.77. The van der Waals surface area contributed by atoms with Gasteiger partial charge < -0.3 is 4.57 Å². The molecule has 0 bridgehead atoms. The lowest BCUT2D eigenvalue weighted by molar-refractivity contribution is 0.801. The van der Waals surface area contributed by atoms with Crippen molar-refractivity contribution in [1.29, 1.82) is 0 Å². The van der Waals surface area contributed by atoms with Gasteiger partial charge >= 0.3 is 0 Å². The normalized spacial score (nSPS) is 11.3. The predicted molar refractivity (Wildman–Crippen MR) is 81.9 cm³/mol. The first-order chi connectivity index (χ1) is 9.26. The third-order valence-corrected chi connectivity index (χ3v) is 4.28. The summed E-state index contributed by atoms with van der Waals surface area (Å²) < 4.78 is 2.28. The van der Waals surface area contributed by atoms with Gasteiger partial charge in [-0.05, 0) is 43.4 Å². The van der Waals surface area contributed by atoms with Gasteiger partial charge in [-0.25, -0.2) is 4.98 Å². The van der Waals surface area contributed by atoms with Crippen LogP contribution in [-0.2, 0) is 13.0 Å². The molecule has 0 aliphatic carbocycles. The van der Waals surface area contributed by atoms with Crippen LogP contribution in [0, 0.1) is 6.92 Å². The number of hydrogen-bond acceptors (Lipinski definition) is 2. The maximum absolute atomic E-state index is 4.70. The molecule has 3 aromatic rings. The SMILES string of the molecule is CCCc1nc(Cn2ccc3cc(C)ccc32)cs1. The summed E-state index contributed by atoms with van der Waals surface area (Å²) in [5, 5.41) is 4.75. The van der Waals surface area contributed by atoms with Crippen molar-refractivity contribution in [3.63, 3.8) is 0 Å². The summed E-state index contributed by atoms with van der Waals surface area (Å²) in [6.07, 6.45) is 4.41. The molecule has 3 rings (SSSR count). The molecule has 2 nitrogen and oxygen atoms in total. The van der Waals surface area contributed by atoms with Gasteiger partial charge in [0, 0.05) is 17.1 Å². The van der Waals surface area contributed by atoms with Crippen LogP contribution in [0.15, 0.2) is 35.8 Å². The van der Waals surface area contributed by atoms with Gasteiger partial charge in [0.15, 0.2) is 0 Å². The van der Waals surface area contributed by atoms with Gasteiger partial charge in [-0.3, -0.25) is 0 Å². The number of fused-ring (bicyclic) bond motifs is 1. The second-order valence-electron chi connectivity index (χ2n) is 4.99. The smallest absolute Gasteiger partial charge is 0.0928 e. The lowest BCUT2D eigenvalue weighted by Gasteiger charge is -2.03. The Hall–Kier alpha value is -1.61. The van der Waals surface area contributed by atoms with E-state index in [-0.39, 0.29) is 0 Å². The Morgan fingerprint density at radius 2 is 2.16 bits per heavy atom. The van der Waals surface area contributed by atoms with Crippen molar-refractivity contribution in [2.24, 2.45) is 0 Å². The molecule has 0 radical (unpaired) electrons. The van der Waals surface area contributed by atoms with Crippen LogP contribution >= 0.6 is 11.3 Å². The standard InChI is InChI=1S/C16H18N2S/c1-3-4-16-17-14(11-19-16)10-18-8-7-13-9-12(2)5-6-15(13)18/h5-9,11H,3-4,10H2,1-2H3. The van der Waals surface area contributed by atoms with Crippen molar-refractivity contribution in [2.75, 3.05) is 0 Å². The first-order valence-electron chi connectivity index (χ1n) is 6.75. The van der Waals surface area contributed by atoms with Crippen LogP contribution in [0.3, 0.4) is 0 Å². The molecule has 19 heavy (non-hydrogen) atoms. The highest BCUT2D eigenvalue weighted by atomic mass is 32.1. The summed E-state index contributed by atoms with van der Waals surface area (Å²) in [6.45, 7) is 5.20. The number of aromatic nitrogens is 2. The monoisotopic (exact) mass is 270 g/mol. The lowest BCUT2D eigenvalue weighted by atomic mass is 10.2. The zero-order valence-corrected chi connectivity index (χ0v) is 12.2. The number of nitrogens with zero attached hydrogens (tertiary/aromatic N) is 2. The van der Waals surface area contributed by atoms with Crippen molar-refractivity contribution in [1.82, 2.24) is 9.55 Å². The number of hydrogen-bond donors (Lipinski definition) is 0. The van der Waals surface area contributed by atoms with Crippen molar-refractivity contribution >= 4 is 22.2 Å². The molecule has 0 spiro atoms. The number of aryl methyl sites for hydroxylation is 2. The van der Waals surface area contributed by atoms with Crippen molar-refractivity contribution in [2.45, 2.75) is 33.2 Å². The third kappa shape index (κ3) is 2.56. The molecular weight excluding hydrogens is 252 g/mol. The van der Waals surface area contributed by atoms with Gasteiger partial charge in [0.05, 0.1) is 17.2 Å². The van der Waals surface area contributed by atoms with Crippen LogP contribution < -0.4 is 0 Å². The predicted octanol–water partition coefficient (Wildman–Crippen LogP) is 4.41. The maximum Gasteiger partial charge on any atom is 0.0928 e. The van der Waals surface area contributed by atoms with Crippen LogP contribution in [0.1, 0.15) is 29.6 Å². The molecular formula is C16H18N2S. The van der Waals surface area contributed by atoms with E-state index in [1.807, 2.05) is 0 Å². The molecule has 0 atom stereocenters. The van der Waals surface area contributed by atoms with Crippen LogP contribution in [0.2, 0.25) is 0 Å². The van der Waals surface area contributed by atoms with Gasteiger partial charge in [0.2, 0.25) is 0 Å². The average Bonchev–Trinajstić information content (AvgIpc) is 2.98. The minimum atomic E-state index is 0.868. The van der Waals surface area contributed by atoms with E-state index in [2.05, 4.69) is 54.3 Å². The molecule has 0 fully saturated rings. The molecule has 3 heteroatoms. The molecule has 0 saturated heterocycles. The summed E-state index contributed by atoms with van der Waals surface area (Å²) >= 11 is 1.78. The van der Waals surface area contributed by atoms with Crippen molar-refractivity contribution in [3.05, 3.63) is 52.1 Å². The van der Waals surface area contributed by atoms with Crippen molar-refractivity contribution < 1.29 is 0 Å². The Morgan fingerprint density at radius 1 is 1.26 bits per heavy atom. The van der Waals surface area contributed by atoms with Gasteiger partial charge in [0.1, 0.15) is 0 Å². The second-order valence-corrected chi connectivity index (χ2v) is 5.93. The van der Waals surface area contributed by atoms with Crippen LogP contribution in [0.25, 0.3) is 10.9 Å². The Balaban J connectivity index is 1.88. The third-order valence-electron chi connectivity index (χ3n) is 3.32. The number of benzene rings is 1. The average molecular weight is 270 g/mol. The summed E-state index contributed by atoms with van der Waals surface area (Å²) in [4.78, 5) is 4.70. The van der Waals surface area contributed by atoms with Gasteiger partial charge in [-0.1, -0.05) is 18.6 Å². The Morgan fingerprint density at radius 3 is 3.00 bits per heavy atom. The van der Waals surface area contributed by atoms with E-state index >= 15 is 0 Å². The van der Waals surface area contributed by atoms with Crippen LogP contribution in [0.4, 0.5) is 0 Å². The minimum Gasteiger partial charge on any atom is -0.341 e. The van der Waals surface area contributed by atoms with E-state index in [0.717, 1.165) is 13.0 Å². The topological polar surface area (TPSA) is 17.8 Å². The lowest BCUT2D eigenvalue weighted by Crippen LogP contribution is -1.98. The molecule has 0 N–H and O–H groups in total. The van der Waals surface area contributed by atoms with E-state index < -0.39 is 0 Å². The summed E-state index contributed by atoms with van der Waals surface area (Å²) in [6, 6.07) is 8.78. The molecule has 1 aromatic carbocycles.